The van der Waals surface area contributed by atoms with Crippen LogP contribution in [0.25, 0.3) is 0 Å². The summed E-state index contributed by atoms with van der Waals surface area (Å²) in [5.74, 6) is -0.181. The Bertz CT molecular complexity index is 262. The second kappa shape index (κ2) is 5.61. The van der Waals surface area contributed by atoms with Crippen LogP contribution in [0.3, 0.4) is 0 Å². The lowest BCUT2D eigenvalue weighted by atomic mass is 10.1. The van der Waals surface area contributed by atoms with Gasteiger partial charge < -0.3 is 9.47 Å². The van der Waals surface area contributed by atoms with Crippen molar-refractivity contribution in [2.75, 3.05) is 19.8 Å². The number of hydrogen-bond donors (Lipinski definition) is 0. The molecule has 1 unspecified atom stereocenters. The van der Waals surface area contributed by atoms with Crippen LogP contribution in [-0.2, 0) is 14.3 Å². The average molecular weight is 260 g/mol. The third-order valence-corrected chi connectivity index (χ3v) is 4.02. The SMILES string of the molecule is CC(C)C(=O)OCC1(SC(C)(C)C)CCOC1. The van der Waals surface area contributed by atoms with Crippen molar-refractivity contribution < 1.29 is 14.3 Å². The largest absolute Gasteiger partial charge is 0.464 e. The van der Waals surface area contributed by atoms with E-state index in [4.69, 9.17) is 9.47 Å². The van der Waals surface area contributed by atoms with E-state index in [1.807, 2.05) is 25.6 Å². The molecular weight excluding hydrogens is 236 g/mol. The summed E-state index contributed by atoms with van der Waals surface area (Å²) >= 11 is 1.86. The molecule has 0 spiro atoms. The van der Waals surface area contributed by atoms with Crippen LogP contribution in [0.4, 0.5) is 0 Å². The molecule has 1 heterocycles. The Morgan fingerprint density at radius 2 is 2.12 bits per heavy atom. The smallest absolute Gasteiger partial charge is 0.308 e. The molecule has 0 radical (unpaired) electrons. The van der Waals surface area contributed by atoms with Crippen molar-refractivity contribution in [2.24, 2.45) is 5.92 Å². The number of ether oxygens (including phenoxy) is 2. The van der Waals surface area contributed by atoms with E-state index >= 15 is 0 Å². The molecule has 0 aromatic carbocycles. The van der Waals surface area contributed by atoms with Crippen molar-refractivity contribution in [3.05, 3.63) is 0 Å². The molecule has 1 aliphatic rings. The molecule has 1 atom stereocenters. The molecule has 0 saturated carbocycles. The molecule has 17 heavy (non-hydrogen) atoms. The highest BCUT2D eigenvalue weighted by Crippen LogP contribution is 2.42. The molecule has 1 aliphatic heterocycles. The first-order chi connectivity index (χ1) is 7.74. The molecule has 0 aliphatic carbocycles. The predicted molar refractivity (Wildman–Crippen MR) is 71.3 cm³/mol. The minimum atomic E-state index is -0.120. The summed E-state index contributed by atoms with van der Waals surface area (Å²) in [6.45, 7) is 12.2. The van der Waals surface area contributed by atoms with E-state index in [2.05, 4.69) is 20.8 Å². The van der Waals surface area contributed by atoms with Crippen molar-refractivity contribution in [1.82, 2.24) is 0 Å². The zero-order valence-electron chi connectivity index (χ0n) is 11.5. The molecular formula is C13H24O3S. The monoisotopic (exact) mass is 260 g/mol. The topological polar surface area (TPSA) is 35.5 Å². The second-order valence-electron chi connectivity index (χ2n) is 5.96. The molecule has 0 aromatic rings. The highest BCUT2D eigenvalue weighted by molar-refractivity contribution is 8.02. The summed E-state index contributed by atoms with van der Waals surface area (Å²) in [5.41, 5.74) is 0. The van der Waals surface area contributed by atoms with Crippen LogP contribution in [0, 0.1) is 5.92 Å². The van der Waals surface area contributed by atoms with E-state index in [1.54, 1.807) is 0 Å². The van der Waals surface area contributed by atoms with Gasteiger partial charge in [0.25, 0.3) is 0 Å². The van der Waals surface area contributed by atoms with E-state index in [-0.39, 0.29) is 21.4 Å². The van der Waals surface area contributed by atoms with Gasteiger partial charge in [0.15, 0.2) is 0 Å². The molecule has 3 nitrogen and oxygen atoms in total. The number of esters is 1. The van der Waals surface area contributed by atoms with Crippen molar-refractivity contribution in [1.29, 1.82) is 0 Å². The van der Waals surface area contributed by atoms with Crippen LogP contribution in [0.15, 0.2) is 0 Å². The summed E-state index contributed by atoms with van der Waals surface area (Å²) in [4.78, 5) is 11.5. The number of carbonyl (C=O) groups is 1. The summed E-state index contributed by atoms with van der Waals surface area (Å²) in [7, 11) is 0. The zero-order chi connectivity index (χ0) is 13.1. The maximum atomic E-state index is 11.5. The molecule has 1 saturated heterocycles. The van der Waals surface area contributed by atoms with Gasteiger partial charge in [0.05, 0.1) is 17.3 Å². The van der Waals surface area contributed by atoms with Crippen LogP contribution in [0.1, 0.15) is 41.0 Å². The Labute approximate surface area is 109 Å². The maximum Gasteiger partial charge on any atom is 0.308 e. The quantitative estimate of drug-likeness (QED) is 0.728. The first-order valence-corrected chi connectivity index (χ1v) is 7.00. The Hall–Kier alpha value is -0.220. The van der Waals surface area contributed by atoms with E-state index in [9.17, 15) is 4.79 Å². The Kier molecular flexibility index (Phi) is 4.90. The van der Waals surface area contributed by atoms with Gasteiger partial charge in [-0.05, 0) is 6.42 Å². The molecule has 0 N–H and O–H groups in total. The average Bonchev–Trinajstić information content (AvgIpc) is 2.60. The number of hydrogen-bond acceptors (Lipinski definition) is 4. The minimum Gasteiger partial charge on any atom is -0.464 e. The molecule has 1 fully saturated rings. The lowest BCUT2D eigenvalue weighted by Crippen LogP contribution is -2.37. The fourth-order valence-electron chi connectivity index (χ4n) is 1.83. The van der Waals surface area contributed by atoms with Gasteiger partial charge in [-0.3, -0.25) is 4.79 Å². The fourth-order valence-corrected chi connectivity index (χ4v) is 3.58. The molecule has 0 bridgehead atoms. The Balaban J connectivity index is 2.57. The molecule has 100 valence electrons. The summed E-state index contributed by atoms with van der Waals surface area (Å²) in [6.07, 6.45) is 0.959. The van der Waals surface area contributed by atoms with E-state index < -0.39 is 0 Å². The lowest BCUT2D eigenvalue weighted by molar-refractivity contribution is -0.148. The van der Waals surface area contributed by atoms with Crippen molar-refractivity contribution in [3.63, 3.8) is 0 Å². The third-order valence-electron chi connectivity index (χ3n) is 2.54. The maximum absolute atomic E-state index is 11.5. The number of carbonyl (C=O) groups excluding carboxylic acids is 1. The first kappa shape index (κ1) is 14.8. The van der Waals surface area contributed by atoms with Gasteiger partial charge >= 0.3 is 5.97 Å². The van der Waals surface area contributed by atoms with Gasteiger partial charge in [0, 0.05) is 11.4 Å². The van der Waals surface area contributed by atoms with Crippen molar-refractivity contribution in [3.8, 4) is 0 Å². The number of thioether (sulfide) groups is 1. The predicted octanol–water partition coefficient (Wildman–Crippen LogP) is 2.88. The highest BCUT2D eigenvalue weighted by Gasteiger charge is 2.40. The van der Waals surface area contributed by atoms with Gasteiger partial charge in [-0.1, -0.05) is 34.6 Å². The van der Waals surface area contributed by atoms with Crippen LogP contribution in [0.5, 0.6) is 0 Å². The Morgan fingerprint density at radius 1 is 1.47 bits per heavy atom. The van der Waals surface area contributed by atoms with Crippen molar-refractivity contribution in [2.45, 2.75) is 50.5 Å². The number of rotatable bonds is 4. The van der Waals surface area contributed by atoms with E-state index in [1.165, 1.54) is 0 Å². The van der Waals surface area contributed by atoms with Gasteiger partial charge in [0.2, 0.25) is 0 Å². The van der Waals surface area contributed by atoms with Crippen molar-refractivity contribution >= 4 is 17.7 Å². The summed E-state index contributed by atoms with van der Waals surface area (Å²) < 4.78 is 11.0. The van der Waals surface area contributed by atoms with Crippen LogP contribution < -0.4 is 0 Å². The summed E-state index contributed by atoms with van der Waals surface area (Å²) in [6, 6.07) is 0. The van der Waals surface area contributed by atoms with Crippen LogP contribution in [-0.4, -0.2) is 35.3 Å². The van der Waals surface area contributed by atoms with Crippen LogP contribution in [0.2, 0.25) is 0 Å². The van der Waals surface area contributed by atoms with Crippen LogP contribution >= 0.6 is 11.8 Å². The molecule has 1 rings (SSSR count). The highest BCUT2D eigenvalue weighted by atomic mass is 32.2. The van der Waals surface area contributed by atoms with Gasteiger partial charge in [-0.2, -0.15) is 0 Å². The minimum absolute atomic E-state index is 0.0528. The standard InChI is InChI=1S/C13H24O3S/c1-10(2)11(14)16-9-13(6-7-15-8-13)17-12(3,4)5/h10H,6-9H2,1-5H3. The third kappa shape index (κ3) is 4.88. The zero-order valence-corrected chi connectivity index (χ0v) is 12.4. The van der Waals surface area contributed by atoms with E-state index in [0.717, 1.165) is 13.0 Å². The van der Waals surface area contributed by atoms with Gasteiger partial charge in [0.1, 0.15) is 6.61 Å². The Morgan fingerprint density at radius 3 is 2.53 bits per heavy atom. The molecule has 0 amide bonds. The van der Waals surface area contributed by atoms with Gasteiger partial charge in [-0.15, -0.1) is 11.8 Å². The summed E-state index contributed by atoms with van der Waals surface area (Å²) in [5, 5.41) is 0. The van der Waals surface area contributed by atoms with E-state index in [0.29, 0.717) is 13.2 Å². The molecule has 0 aromatic heterocycles. The normalized spacial score (nSPS) is 25.3. The first-order valence-electron chi connectivity index (χ1n) is 6.19. The lowest BCUT2D eigenvalue weighted by Gasteiger charge is -2.33. The van der Waals surface area contributed by atoms with Gasteiger partial charge in [-0.25, -0.2) is 0 Å². The fraction of sp³-hybridized carbons (Fsp3) is 0.923. The molecule has 4 heteroatoms. The second-order valence-corrected chi connectivity index (χ2v) is 8.26.